The van der Waals surface area contributed by atoms with Gasteiger partial charge in [0.15, 0.2) is 6.33 Å². The van der Waals surface area contributed by atoms with Gasteiger partial charge in [0.2, 0.25) is 5.89 Å². The van der Waals surface area contributed by atoms with Gasteiger partial charge in [-0.1, -0.05) is 5.16 Å². The molecular weight excluding hydrogens is 180 g/mol. The summed E-state index contributed by atoms with van der Waals surface area (Å²) in [4.78, 5) is 3.75. The molecule has 0 radical (unpaired) electrons. The first-order valence-electron chi connectivity index (χ1n) is 3.97. The van der Waals surface area contributed by atoms with Gasteiger partial charge in [-0.3, -0.25) is 0 Å². The fourth-order valence-corrected chi connectivity index (χ4v) is 0.802. The molecule has 6 heteroatoms. The second kappa shape index (κ2) is 4.86. The zero-order chi connectivity index (χ0) is 9.68. The highest BCUT2D eigenvalue weighted by Crippen LogP contribution is 1.99. The number of aromatic nitrogens is 2. The number of hydrogen-bond acceptors (Lipinski definition) is 4. The van der Waals surface area contributed by atoms with Crippen molar-refractivity contribution in [3.63, 3.8) is 0 Å². The summed E-state index contributed by atoms with van der Waals surface area (Å²) < 4.78 is 28.6. The predicted octanol–water partition coefficient (Wildman–Crippen LogP) is 0.855. The molecule has 0 saturated carbocycles. The van der Waals surface area contributed by atoms with Crippen LogP contribution in [0.1, 0.15) is 12.8 Å². The highest BCUT2D eigenvalue weighted by atomic mass is 19.3. The maximum atomic E-state index is 12.0. The molecule has 1 unspecified atom stereocenters. The van der Waals surface area contributed by atoms with Crippen LogP contribution in [-0.2, 0) is 6.42 Å². The SMILES string of the molecule is CC(NCCc1ncno1)C(F)F. The molecule has 0 fully saturated rings. The van der Waals surface area contributed by atoms with E-state index in [9.17, 15) is 8.78 Å². The van der Waals surface area contributed by atoms with E-state index in [1.165, 1.54) is 13.3 Å². The van der Waals surface area contributed by atoms with Crippen molar-refractivity contribution < 1.29 is 13.3 Å². The molecule has 0 aliphatic rings. The highest BCUT2D eigenvalue weighted by Gasteiger charge is 2.13. The first kappa shape index (κ1) is 10.0. The second-order valence-corrected chi connectivity index (χ2v) is 2.66. The quantitative estimate of drug-likeness (QED) is 0.749. The van der Waals surface area contributed by atoms with E-state index in [-0.39, 0.29) is 0 Å². The molecular formula is C7H11F2N3O. The minimum absolute atomic E-state index is 0.410. The molecule has 74 valence electrons. The smallest absolute Gasteiger partial charge is 0.253 e. The number of rotatable bonds is 5. The Labute approximate surface area is 74.3 Å². The van der Waals surface area contributed by atoms with E-state index in [4.69, 9.17) is 0 Å². The van der Waals surface area contributed by atoms with Crippen molar-refractivity contribution in [3.05, 3.63) is 12.2 Å². The van der Waals surface area contributed by atoms with Crippen molar-refractivity contribution in [2.75, 3.05) is 6.54 Å². The van der Waals surface area contributed by atoms with Gasteiger partial charge in [-0.25, -0.2) is 8.78 Å². The minimum Gasteiger partial charge on any atom is -0.340 e. The van der Waals surface area contributed by atoms with E-state index in [1.807, 2.05) is 0 Å². The number of alkyl halides is 2. The Morgan fingerprint density at radius 2 is 2.38 bits per heavy atom. The normalized spacial score (nSPS) is 13.5. The number of nitrogens with one attached hydrogen (secondary N) is 1. The summed E-state index contributed by atoms with van der Waals surface area (Å²) in [5.74, 6) is 0.453. The predicted molar refractivity (Wildman–Crippen MR) is 41.5 cm³/mol. The molecule has 1 aromatic rings. The fourth-order valence-electron chi connectivity index (χ4n) is 0.802. The average molecular weight is 191 g/mol. The van der Waals surface area contributed by atoms with Crippen LogP contribution in [0.3, 0.4) is 0 Å². The summed E-state index contributed by atoms with van der Waals surface area (Å²) in [6.07, 6.45) is -0.592. The van der Waals surface area contributed by atoms with E-state index in [0.29, 0.717) is 18.9 Å². The Hall–Kier alpha value is -1.04. The molecule has 1 rings (SSSR count). The van der Waals surface area contributed by atoms with Crippen molar-refractivity contribution >= 4 is 0 Å². The molecule has 1 N–H and O–H groups in total. The van der Waals surface area contributed by atoms with Crippen LogP contribution >= 0.6 is 0 Å². The molecule has 0 aliphatic carbocycles. The summed E-state index contributed by atoms with van der Waals surface area (Å²) >= 11 is 0. The largest absolute Gasteiger partial charge is 0.340 e. The van der Waals surface area contributed by atoms with Gasteiger partial charge in [0.25, 0.3) is 6.43 Å². The molecule has 0 bridgehead atoms. The zero-order valence-corrected chi connectivity index (χ0v) is 7.20. The molecule has 4 nitrogen and oxygen atoms in total. The van der Waals surface area contributed by atoms with Gasteiger partial charge < -0.3 is 9.84 Å². The number of hydrogen-bond donors (Lipinski definition) is 1. The van der Waals surface area contributed by atoms with Crippen LogP contribution in [0.4, 0.5) is 8.78 Å². The minimum atomic E-state index is -2.34. The lowest BCUT2D eigenvalue weighted by atomic mass is 10.3. The Morgan fingerprint density at radius 3 is 2.92 bits per heavy atom. The van der Waals surface area contributed by atoms with Gasteiger partial charge in [-0.15, -0.1) is 0 Å². The van der Waals surface area contributed by atoms with E-state index >= 15 is 0 Å². The lowest BCUT2D eigenvalue weighted by Gasteiger charge is -2.10. The summed E-state index contributed by atoms with van der Waals surface area (Å²) in [5, 5.41) is 6.04. The van der Waals surface area contributed by atoms with Crippen LogP contribution in [0.25, 0.3) is 0 Å². The summed E-state index contributed by atoms with van der Waals surface area (Å²) in [5.41, 5.74) is 0. The van der Waals surface area contributed by atoms with Crippen LogP contribution in [0.5, 0.6) is 0 Å². The van der Waals surface area contributed by atoms with Crippen LogP contribution < -0.4 is 5.32 Å². The third kappa shape index (κ3) is 3.45. The van der Waals surface area contributed by atoms with E-state index in [0.717, 1.165) is 0 Å². The molecule has 0 aromatic carbocycles. The highest BCUT2D eigenvalue weighted by molar-refractivity contribution is 4.76. The Bertz CT molecular complexity index is 228. The molecule has 0 spiro atoms. The maximum absolute atomic E-state index is 12.0. The molecule has 13 heavy (non-hydrogen) atoms. The second-order valence-electron chi connectivity index (χ2n) is 2.66. The van der Waals surface area contributed by atoms with Gasteiger partial charge >= 0.3 is 0 Å². The monoisotopic (exact) mass is 191 g/mol. The van der Waals surface area contributed by atoms with Crippen LogP contribution in [0.2, 0.25) is 0 Å². The molecule has 0 aliphatic heterocycles. The molecule has 1 atom stereocenters. The van der Waals surface area contributed by atoms with Crippen LogP contribution in [-0.4, -0.2) is 29.2 Å². The van der Waals surface area contributed by atoms with E-state index < -0.39 is 12.5 Å². The first-order valence-corrected chi connectivity index (χ1v) is 3.97. The standard InChI is InChI=1S/C7H11F2N3O/c1-5(7(8)9)10-3-2-6-11-4-12-13-6/h4-5,7,10H,2-3H2,1H3. The lowest BCUT2D eigenvalue weighted by Crippen LogP contribution is -2.34. The van der Waals surface area contributed by atoms with Crippen molar-refractivity contribution in [3.8, 4) is 0 Å². The lowest BCUT2D eigenvalue weighted by molar-refractivity contribution is 0.106. The number of nitrogens with zero attached hydrogens (tertiary/aromatic N) is 2. The van der Waals surface area contributed by atoms with Crippen LogP contribution in [0, 0.1) is 0 Å². The van der Waals surface area contributed by atoms with Crippen molar-refractivity contribution in [1.82, 2.24) is 15.5 Å². The Morgan fingerprint density at radius 1 is 1.62 bits per heavy atom. The molecule has 0 amide bonds. The van der Waals surface area contributed by atoms with Crippen molar-refractivity contribution in [1.29, 1.82) is 0 Å². The van der Waals surface area contributed by atoms with E-state index in [1.54, 1.807) is 0 Å². The molecule has 1 heterocycles. The third-order valence-electron chi connectivity index (χ3n) is 1.59. The third-order valence-corrected chi connectivity index (χ3v) is 1.59. The number of halogens is 2. The molecule has 0 saturated heterocycles. The zero-order valence-electron chi connectivity index (χ0n) is 7.20. The van der Waals surface area contributed by atoms with Gasteiger partial charge in [-0.05, 0) is 6.92 Å². The van der Waals surface area contributed by atoms with Crippen molar-refractivity contribution in [2.24, 2.45) is 0 Å². The maximum Gasteiger partial charge on any atom is 0.253 e. The Kier molecular flexibility index (Phi) is 3.75. The van der Waals surface area contributed by atoms with E-state index in [2.05, 4.69) is 20.0 Å². The van der Waals surface area contributed by atoms with Crippen LogP contribution in [0.15, 0.2) is 10.9 Å². The van der Waals surface area contributed by atoms with Gasteiger partial charge in [0.1, 0.15) is 0 Å². The fraction of sp³-hybridized carbons (Fsp3) is 0.714. The van der Waals surface area contributed by atoms with Gasteiger partial charge in [-0.2, -0.15) is 4.98 Å². The molecule has 1 aromatic heterocycles. The Balaban J connectivity index is 2.14. The first-order chi connectivity index (χ1) is 6.20. The average Bonchev–Trinajstić information content (AvgIpc) is 2.56. The van der Waals surface area contributed by atoms with Crippen molar-refractivity contribution in [2.45, 2.75) is 25.8 Å². The topological polar surface area (TPSA) is 51.0 Å². The van der Waals surface area contributed by atoms with Gasteiger partial charge in [0, 0.05) is 13.0 Å². The summed E-state index contributed by atoms with van der Waals surface area (Å²) in [7, 11) is 0. The van der Waals surface area contributed by atoms with Gasteiger partial charge in [0.05, 0.1) is 6.04 Å². The summed E-state index contributed by atoms with van der Waals surface area (Å²) in [6.45, 7) is 1.84. The summed E-state index contributed by atoms with van der Waals surface area (Å²) in [6, 6.07) is -0.803.